The van der Waals surface area contributed by atoms with Gasteiger partial charge in [-0.1, -0.05) is 0 Å². The number of piperidine rings is 1. The van der Waals surface area contributed by atoms with Crippen molar-refractivity contribution in [3.05, 3.63) is 0 Å². The summed E-state index contributed by atoms with van der Waals surface area (Å²) in [6, 6.07) is 0.658. The van der Waals surface area contributed by atoms with Crippen LogP contribution in [0.2, 0.25) is 0 Å². The second-order valence-electron chi connectivity index (χ2n) is 7.11. The quantitative estimate of drug-likeness (QED) is 0.782. The Bertz CT molecular complexity index is 400. The molecular formula is C17H30N2O4. The van der Waals surface area contributed by atoms with Gasteiger partial charge in [0, 0.05) is 58.0 Å². The molecule has 0 aliphatic carbocycles. The van der Waals surface area contributed by atoms with Gasteiger partial charge in [0.1, 0.15) is 6.61 Å². The highest BCUT2D eigenvalue weighted by atomic mass is 16.5. The summed E-state index contributed by atoms with van der Waals surface area (Å²) >= 11 is 0. The van der Waals surface area contributed by atoms with Gasteiger partial charge in [-0.15, -0.1) is 0 Å². The number of ether oxygens (including phenoxy) is 3. The van der Waals surface area contributed by atoms with E-state index in [1.165, 1.54) is 0 Å². The topological polar surface area (TPSA) is 60.0 Å². The van der Waals surface area contributed by atoms with Crippen molar-refractivity contribution in [2.24, 2.45) is 5.41 Å². The minimum atomic E-state index is -0.0311. The van der Waals surface area contributed by atoms with E-state index in [0.717, 1.165) is 65.0 Å². The SMILES string of the molecule is COCC(=O)NCC[C@@]12CCO[C@@H]1CCN(C1CCOCC1)C2. The molecular weight excluding hydrogens is 296 g/mol. The number of amides is 1. The number of hydrogen-bond donors (Lipinski definition) is 1. The molecule has 6 heteroatoms. The molecule has 3 aliphatic heterocycles. The lowest BCUT2D eigenvalue weighted by atomic mass is 9.73. The van der Waals surface area contributed by atoms with E-state index in [4.69, 9.17) is 14.2 Å². The van der Waals surface area contributed by atoms with Crippen molar-refractivity contribution in [3.63, 3.8) is 0 Å². The van der Waals surface area contributed by atoms with E-state index < -0.39 is 0 Å². The number of rotatable bonds is 6. The first-order valence-corrected chi connectivity index (χ1v) is 8.92. The van der Waals surface area contributed by atoms with Gasteiger partial charge in [-0.2, -0.15) is 0 Å². The molecule has 3 saturated heterocycles. The highest BCUT2D eigenvalue weighted by molar-refractivity contribution is 5.77. The van der Waals surface area contributed by atoms with Crippen molar-refractivity contribution in [1.29, 1.82) is 0 Å². The van der Waals surface area contributed by atoms with E-state index in [-0.39, 0.29) is 17.9 Å². The number of carbonyl (C=O) groups is 1. The molecule has 6 nitrogen and oxygen atoms in total. The van der Waals surface area contributed by atoms with Crippen LogP contribution in [0.25, 0.3) is 0 Å². The van der Waals surface area contributed by atoms with E-state index in [9.17, 15) is 4.79 Å². The summed E-state index contributed by atoms with van der Waals surface area (Å²) in [7, 11) is 1.55. The van der Waals surface area contributed by atoms with Gasteiger partial charge < -0.3 is 19.5 Å². The first-order valence-electron chi connectivity index (χ1n) is 8.92. The van der Waals surface area contributed by atoms with E-state index in [1.807, 2.05) is 0 Å². The lowest BCUT2D eigenvalue weighted by molar-refractivity contribution is -0.125. The molecule has 2 atom stereocenters. The Morgan fingerprint density at radius 1 is 1.30 bits per heavy atom. The average Bonchev–Trinajstić information content (AvgIpc) is 2.99. The van der Waals surface area contributed by atoms with Gasteiger partial charge in [-0.05, 0) is 32.1 Å². The lowest BCUT2D eigenvalue weighted by Crippen LogP contribution is -2.54. The maximum Gasteiger partial charge on any atom is 0.245 e. The molecule has 0 saturated carbocycles. The van der Waals surface area contributed by atoms with Crippen LogP contribution in [-0.2, 0) is 19.0 Å². The van der Waals surface area contributed by atoms with Gasteiger partial charge in [0.25, 0.3) is 0 Å². The smallest absolute Gasteiger partial charge is 0.245 e. The molecule has 132 valence electrons. The van der Waals surface area contributed by atoms with Crippen LogP contribution in [0.3, 0.4) is 0 Å². The number of carbonyl (C=O) groups excluding carboxylic acids is 1. The molecule has 0 aromatic carbocycles. The van der Waals surface area contributed by atoms with Gasteiger partial charge >= 0.3 is 0 Å². The predicted octanol–water partition coefficient (Wildman–Crippen LogP) is 0.799. The fourth-order valence-corrected chi connectivity index (χ4v) is 4.44. The maximum absolute atomic E-state index is 11.6. The van der Waals surface area contributed by atoms with E-state index in [2.05, 4.69) is 10.2 Å². The van der Waals surface area contributed by atoms with Crippen molar-refractivity contribution in [3.8, 4) is 0 Å². The molecule has 0 radical (unpaired) electrons. The Balaban J connectivity index is 1.56. The zero-order chi connectivity index (χ0) is 16.1. The predicted molar refractivity (Wildman–Crippen MR) is 86.3 cm³/mol. The fourth-order valence-electron chi connectivity index (χ4n) is 4.44. The Labute approximate surface area is 138 Å². The third kappa shape index (κ3) is 4.05. The van der Waals surface area contributed by atoms with Crippen molar-refractivity contribution < 1.29 is 19.0 Å². The molecule has 3 aliphatic rings. The largest absolute Gasteiger partial charge is 0.381 e. The molecule has 0 aromatic rings. The van der Waals surface area contributed by atoms with Crippen LogP contribution in [0.4, 0.5) is 0 Å². The molecule has 23 heavy (non-hydrogen) atoms. The molecule has 0 aromatic heterocycles. The highest BCUT2D eigenvalue weighted by Gasteiger charge is 2.48. The van der Waals surface area contributed by atoms with Crippen LogP contribution in [0.5, 0.6) is 0 Å². The second kappa shape index (κ2) is 7.92. The summed E-state index contributed by atoms with van der Waals surface area (Å²) in [6.07, 6.45) is 5.87. The number of methoxy groups -OCH3 is 1. The monoisotopic (exact) mass is 326 g/mol. The van der Waals surface area contributed by atoms with Crippen molar-refractivity contribution in [2.45, 2.75) is 44.2 Å². The zero-order valence-electron chi connectivity index (χ0n) is 14.2. The summed E-state index contributed by atoms with van der Waals surface area (Å²) in [5.41, 5.74) is 0.205. The molecule has 1 N–H and O–H groups in total. The minimum absolute atomic E-state index is 0.0311. The summed E-state index contributed by atoms with van der Waals surface area (Å²) in [5, 5.41) is 2.97. The van der Waals surface area contributed by atoms with Crippen molar-refractivity contribution in [1.82, 2.24) is 10.2 Å². The van der Waals surface area contributed by atoms with Gasteiger partial charge in [-0.3, -0.25) is 9.69 Å². The molecule has 0 spiro atoms. The van der Waals surface area contributed by atoms with Crippen LogP contribution in [0, 0.1) is 5.41 Å². The highest BCUT2D eigenvalue weighted by Crippen LogP contribution is 2.44. The van der Waals surface area contributed by atoms with Gasteiger partial charge in [0.05, 0.1) is 6.10 Å². The molecule has 1 amide bonds. The summed E-state index contributed by atoms with van der Waals surface area (Å²) in [4.78, 5) is 14.3. The van der Waals surface area contributed by atoms with Crippen LogP contribution in [0.1, 0.15) is 32.1 Å². The third-order valence-corrected chi connectivity index (χ3v) is 5.73. The number of hydrogen-bond acceptors (Lipinski definition) is 5. The average molecular weight is 326 g/mol. The summed E-state index contributed by atoms with van der Waals surface area (Å²) < 4.78 is 16.4. The van der Waals surface area contributed by atoms with Crippen LogP contribution in [0.15, 0.2) is 0 Å². The van der Waals surface area contributed by atoms with Crippen LogP contribution in [-0.4, -0.2) is 76.1 Å². The lowest BCUT2D eigenvalue weighted by Gasteiger charge is -2.47. The number of nitrogens with one attached hydrogen (secondary N) is 1. The van der Waals surface area contributed by atoms with Crippen LogP contribution >= 0.6 is 0 Å². The Kier molecular flexibility index (Phi) is 5.91. The first-order chi connectivity index (χ1) is 11.2. The Hall–Kier alpha value is -0.690. The molecule has 3 heterocycles. The molecule has 3 fully saturated rings. The molecule has 0 unspecified atom stereocenters. The van der Waals surface area contributed by atoms with E-state index in [0.29, 0.717) is 18.7 Å². The zero-order valence-corrected chi connectivity index (χ0v) is 14.2. The van der Waals surface area contributed by atoms with Crippen LogP contribution < -0.4 is 5.32 Å². The van der Waals surface area contributed by atoms with Gasteiger partial charge in [0.15, 0.2) is 0 Å². The number of nitrogens with zero attached hydrogens (tertiary/aromatic N) is 1. The van der Waals surface area contributed by atoms with E-state index in [1.54, 1.807) is 7.11 Å². The molecule has 3 rings (SSSR count). The Morgan fingerprint density at radius 3 is 2.91 bits per heavy atom. The third-order valence-electron chi connectivity index (χ3n) is 5.73. The minimum Gasteiger partial charge on any atom is -0.381 e. The standard InChI is InChI=1S/C17H30N2O4/c1-21-12-16(20)18-7-5-17-6-11-23-15(17)2-8-19(13-17)14-3-9-22-10-4-14/h14-15H,2-13H2,1H3,(H,18,20)/t15-,17+/m1/s1. The van der Waals surface area contributed by atoms with Gasteiger partial charge in [0.2, 0.25) is 5.91 Å². The summed E-state index contributed by atoms with van der Waals surface area (Å²) in [6.45, 7) is 5.72. The second-order valence-corrected chi connectivity index (χ2v) is 7.11. The van der Waals surface area contributed by atoms with E-state index >= 15 is 0 Å². The number of likely N-dealkylation sites (tertiary alicyclic amines) is 1. The summed E-state index contributed by atoms with van der Waals surface area (Å²) in [5.74, 6) is -0.0311. The number of fused-ring (bicyclic) bond motifs is 1. The molecule has 0 bridgehead atoms. The first kappa shape index (κ1) is 17.1. The van der Waals surface area contributed by atoms with Gasteiger partial charge in [-0.25, -0.2) is 0 Å². The fraction of sp³-hybridized carbons (Fsp3) is 0.941. The maximum atomic E-state index is 11.6. The van der Waals surface area contributed by atoms with Crippen molar-refractivity contribution >= 4 is 5.91 Å². The Morgan fingerprint density at radius 2 is 2.13 bits per heavy atom. The normalized spacial score (nSPS) is 32.7. The van der Waals surface area contributed by atoms with Crippen molar-refractivity contribution in [2.75, 3.05) is 53.2 Å².